The first kappa shape index (κ1) is 25.4. The number of hydroxylamine groups is 1. The largest absolute Gasteiger partial charge is 0.356 e. The maximum absolute atomic E-state index is 12.2. The second kappa shape index (κ2) is 12.3. The summed E-state index contributed by atoms with van der Waals surface area (Å²) in [6.07, 6.45) is 8.91. The van der Waals surface area contributed by atoms with Crippen molar-refractivity contribution < 1.29 is 14.4 Å². The molecule has 2 heterocycles. The molecule has 0 aromatic heterocycles. The van der Waals surface area contributed by atoms with Crippen molar-refractivity contribution in [1.82, 2.24) is 32.3 Å². The van der Waals surface area contributed by atoms with E-state index in [1.165, 1.54) is 6.42 Å². The Balaban J connectivity index is 1.07. The van der Waals surface area contributed by atoms with E-state index in [-0.39, 0.29) is 53.0 Å². The molecule has 2 saturated heterocycles. The van der Waals surface area contributed by atoms with Crippen molar-refractivity contribution in [2.45, 2.75) is 93.5 Å². The van der Waals surface area contributed by atoms with Gasteiger partial charge in [0.1, 0.15) is 6.23 Å². The van der Waals surface area contributed by atoms with Gasteiger partial charge in [-0.05, 0) is 45.1 Å². The summed E-state index contributed by atoms with van der Waals surface area (Å²) in [5.74, 6) is 0.694. The maximum atomic E-state index is 12.2. The van der Waals surface area contributed by atoms with Gasteiger partial charge in [-0.2, -0.15) is 5.48 Å². The van der Waals surface area contributed by atoms with Crippen LogP contribution in [0.1, 0.15) is 64.2 Å². The van der Waals surface area contributed by atoms with Gasteiger partial charge in [-0.25, -0.2) is 5.43 Å². The van der Waals surface area contributed by atoms with Crippen LogP contribution < -0.4 is 32.3 Å². The van der Waals surface area contributed by atoms with Crippen LogP contribution in [0.5, 0.6) is 0 Å². The Labute approximate surface area is 206 Å². The molecule has 0 spiro atoms. The lowest BCUT2D eigenvalue weighted by Gasteiger charge is -2.41. The Bertz CT molecular complexity index is 664. The van der Waals surface area contributed by atoms with Crippen molar-refractivity contribution in [2.24, 2.45) is 17.8 Å². The summed E-state index contributed by atoms with van der Waals surface area (Å²) < 4.78 is 0. The zero-order valence-corrected chi connectivity index (χ0v) is 20.6. The van der Waals surface area contributed by atoms with Crippen molar-refractivity contribution in [2.75, 3.05) is 13.1 Å². The number of fused-ring (bicyclic) bond motifs is 1. The van der Waals surface area contributed by atoms with E-state index in [4.69, 9.17) is 28.0 Å². The number of carbonyl (C=O) groups excluding carboxylic acids is 2. The fraction of sp³-hybridized carbons (Fsp3) is 0.909. The molecule has 6 N–H and O–H groups in total. The predicted molar refractivity (Wildman–Crippen MR) is 127 cm³/mol. The van der Waals surface area contributed by atoms with Gasteiger partial charge in [0.15, 0.2) is 0 Å². The molecule has 4 aliphatic rings. The van der Waals surface area contributed by atoms with Crippen LogP contribution in [0.2, 0.25) is 0 Å². The highest BCUT2D eigenvalue weighted by molar-refractivity contribution is 6.24. The molecule has 33 heavy (non-hydrogen) atoms. The number of carbonyl (C=O) groups is 2. The summed E-state index contributed by atoms with van der Waals surface area (Å²) >= 11 is 13.0. The maximum Gasteiger partial charge on any atom is 0.237 e. The lowest BCUT2D eigenvalue weighted by atomic mass is 9.76. The minimum atomic E-state index is -0.229. The van der Waals surface area contributed by atoms with Crippen LogP contribution in [-0.2, 0) is 14.4 Å². The number of hydrogen-bond acceptors (Lipinski definition) is 7. The molecule has 11 heteroatoms. The monoisotopic (exact) mass is 504 g/mol. The third kappa shape index (κ3) is 6.72. The average Bonchev–Trinajstić information content (AvgIpc) is 3.27. The molecule has 7 unspecified atom stereocenters. The van der Waals surface area contributed by atoms with Crippen LogP contribution in [0.25, 0.3) is 0 Å². The van der Waals surface area contributed by atoms with Crippen molar-refractivity contribution in [3.05, 3.63) is 0 Å². The zero-order valence-electron chi connectivity index (χ0n) is 19.1. The summed E-state index contributed by atoms with van der Waals surface area (Å²) in [5, 5.41) is 9.91. The van der Waals surface area contributed by atoms with Gasteiger partial charge >= 0.3 is 0 Å². The van der Waals surface area contributed by atoms with Gasteiger partial charge in [0.2, 0.25) is 11.8 Å². The number of nitrogens with one attached hydrogen (secondary N) is 6. The van der Waals surface area contributed by atoms with E-state index < -0.39 is 0 Å². The normalized spacial score (nSPS) is 39.0. The molecular weight excluding hydrogens is 467 g/mol. The van der Waals surface area contributed by atoms with E-state index in [1.54, 1.807) is 0 Å². The van der Waals surface area contributed by atoms with E-state index in [9.17, 15) is 9.59 Å². The highest BCUT2D eigenvalue weighted by Crippen LogP contribution is 2.35. The van der Waals surface area contributed by atoms with Gasteiger partial charge < -0.3 is 10.6 Å². The van der Waals surface area contributed by atoms with Crippen molar-refractivity contribution in [3.63, 3.8) is 0 Å². The molecule has 9 nitrogen and oxygen atoms in total. The third-order valence-electron chi connectivity index (χ3n) is 7.49. The molecule has 2 aliphatic carbocycles. The molecule has 2 aliphatic heterocycles. The summed E-state index contributed by atoms with van der Waals surface area (Å²) in [5.41, 5.74) is 8.94. The number of rotatable bonds is 9. The molecule has 2 amide bonds. The van der Waals surface area contributed by atoms with Gasteiger partial charge in [0.05, 0.1) is 12.3 Å². The van der Waals surface area contributed by atoms with E-state index in [0.29, 0.717) is 25.3 Å². The molecule has 4 fully saturated rings. The third-order valence-corrected chi connectivity index (χ3v) is 8.51. The van der Waals surface area contributed by atoms with Gasteiger partial charge in [-0.1, -0.05) is 19.3 Å². The molecule has 188 valence electrons. The molecule has 2 saturated carbocycles. The number of hydrazine groups is 1. The Morgan fingerprint density at radius 1 is 1.06 bits per heavy atom. The number of amides is 2. The first-order chi connectivity index (χ1) is 16.0. The van der Waals surface area contributed by atoms with E-state index in [0.717, 1.165) is 51.5 Å². The minimum absolute atomic E-state index is 0.0161. The molecule has 0 bridgehead atoms. The van der Waals surface area contributed by atoms with Crippen LogP contribution in [0.3, 0.4) is 0 Å². The topological polar surface area (TPSA) is 116 Å². The Morgan fingerprint density at radius 3 is 2.67 bits per heavy atom. The van der Waals surface area contributed by atoms with Gasteiger partial charge in [-0.15, -0.1) is 23.2 Å². The van der Waals surface area contributed by atoms with Gasteiger partial charge in [-0.3, -0.25) is 25.2 Å². The number of halogens is 2. The molecule has 4 rings (SSSR count). The highest BCUT2D eigenvalue weighted by atomic mass is 35.5. The molecule has 0 aromatic rings. The average molecular weight is 505 g/mol. The first-order valence-corrected chi connectivity index (χ1v) is 13.4. The zero-order chi connectivity index (χ0) is 23.2. The predicted octanol–water partition coefficient (Wildman–Crippen LogP) is 1.42. The Morgan fingerprint density at radius 2 is 1.85 bits per heavy atom. The van der Waals surface area contributed by atoms with Gasteiger partial charge in [0.25, 0.3) is 0 Å². The summed E-state index contributed by atoms with van der Waals surface area (Å²) in [7, 11) is 0. The fourth-order valence-corrected chi connectivity index (χ4v) is 6.68. The highest BCUT2D eigenvalue weighted by Gasteiger charge is 2.41. The second-order valence-electron chi connectivity index (χ2n) is 9.77. The van der Waals surface area contributed by atoms with Crippen LogP contribution in [0.15, 0.2) is 0 Å². The SMILES string of the molecule is O=C(CCC1NC(C2C(Cl)CCCC2Cl)NO1)NCCCNC1NNC(=O)C2CCCCC12. The Kier molecular flexibility index (Phi) is 9.50. The van der Waals surface area contributed by atoms with Crippen LogP contribution in [-0.4, -0.2) is 54.2 Å². The standard InChI is InChI=1S/C22H38Cl2N6O3/c23-15-7-3-8-16(24)19(15)21-27-18(33-30-21)10-9-17(31)25-11-4-12-26-20-13-5-1-2-6-14(13)22(32)29-28-20/h13-16,18-21,26-28,30H,1-12H2,(H,25,31)(H,29,32). The summed E-state index contributed by atoms with van der Waals surface area (Å²) in [6.45, 7) is 1.39. The van der Waals surface area contributed by atoms with E-state index in [2.05, 4.69) is 32.3 Å². The Hall–Kier alpha value is -0.680. The second-order valence-corrected chi connectivity index (χ2v) is 10.9. The van der Waals surface area contributed by atoms with Crippen LogP contribution in [0.4, 0.5) is 0 Å². The van der Waals surface area contributed by atoms with Gasteiger partial charge in [0, 0.05) is 41.5 Å². The quantitative estimate of drug-likeness (QED) is 0.208. The van der Waals surface area contributed by atoms with Crippen molar-refractivity contribution in [1.29, 1.82) is 0 Å². The fourth-order valence-electron chi connectivity index (χ4n) is 5.65. The smallest absolute Gasteiger partial charge is 0.237 e. The lowest BCUT2D eigenvalue weighted by Crippen LogP contribution is -2.64. The van der Waals surface area contributed by atoms with Crippen LogP contribution in [0, 0.1) is 17.8 Å². The van der Waals surface area contributed by atoms with E-state index in [1.807, 2.05) is 0 Å². The molecule has 0 radical (unpaired) electrons. The minimum Gasteiger partial charge on any atom is -0.356 e. The molecule has 7 atom stereocenters. The summed E-state index contributed by atoms with van der Waals surface area (Å²) in [4.78, 5) is 29.9. The van der Waals surface area contributed by atoms with Crippen molar-refractivity contribution >= 4 is 35.0 Å². The van der Waals surface area contributed by atoms with E-state index >= 15 is 0 Å². The van der Waals surface area contributed by atoms with Crippen molar-refractivity contribution in [3.8, 4) is 0 Å². The number of hydrogen-bond donors (Lipinski definition) is 6. The molecule has 0 aromatic carbocycles. The van der Waals surface area contributed by atoms with Crippen LogP contribution >= 0.6 is 23.2 Å². The molecular formula is C22H38Cl2N6O3. The number of alkyl halides is 2. The lowest BCUT2D eigenvalue weighted by molar-refractivity contribution is -0.134. The summed E-state index contributed by atoms with van der Waals surface area (Å²) in [6, 6.07) is 0. The first-order valence-electron chi connectivity index (χ1n) is 12.5.